The molecule has 2 heterocycles. The number of rotatable bonds is 3. The summed E-state index contributed by atoms with van der Waals surface area (Å²) in [5.74, 6) is 0. The Hall–Kier alpha value is -0.610. The molecule has 4 heteroatoms. The van der Waals surface area contributed by atoms with Gasteiger partial charge in [0.05, 0.1) is 0 Å². The zero-order valence-corrected chi connectivity index (χ0v) is 8.61. The van der Waals surface area contributed by atoms with E-state index in [0.29, 0.717) is 6.04 Å². The zero-order chi connectivity index (χ0) is 9.80. The molecular formula is C10H19N3O. The first kappa shape index (κ1) is 9.93. The van der Waals surface area contributed by atoms with E-state index in [9.17, 15) is 4.79 Å². The molecule has 2 rings (SSSR count). The fraction of sp³-hybridized carbons (Fsp3) is 0.900. The van der Waals surface area contributed by atoms with Crippen LogP contribution in [0.1, 0.15) is 12.8 Å². The number of hydrogen-bond acceptors (Lipinski definition) is 3. The van der Waals surface area contributed by atoms with Crippen molar-refractivity contribution in [2.24, 2.45) is 0 Å². The quantitative estimate of drug-likeness (QED) is 0.620. The molecule has 0 spiro atoms. The Morgan fingerprint density at radius 3 is 2.79 bits per heavy atom. The third-order valence-corrected chi connectivity index (χ3v) is 3.11. The normalized spacial score (nSPS) is 29.4. The van der Waals surface area contributed by atoms with Gasteiger partial charge in [-0.2, -0.15) is 0 Å². The van der Waals surface area contributed by atoms with E-state index in [-0.39, 0.29) is 0 Å². The van der Waals surface area contributed by atoms with Crippen LogP contribution in [0.3, 0.4) is 0 Å². The van der Waals surface area contributed by atoms with Gasteiger partial charge in [-0.3, -0.25) is 4.79 Å². The van der Waals surface area contributed by atoms with Crippen molar-refractivity contribution >= 4 is 6.41 Å². The lowest BCUT2D eigenvalue weighted by Gasteiger charge is -2.33. The molecule has 1 atom stereocenters. The van der Waals surface area contributed by atoms with Crippen molar-refractivity contribution in [2.75, 3.05) is 39.3 Å². The lowest BCUT2D eigenvalue weighted by atomic mass is 10.2. The highest BCUT2D eigenvalue weighted by Crippen LogP contribution is 2.08. The molecule has 0 aliphatic carbocycles. The smallest absolute Gasteiger partial charge is 0.209 e. The highest BCUT2D eigenvalue weighted by molar-refractivity contribution is 5.47. The second-order valence-corrected chi connectivity index (χ2v) is 4.26. The molecule has 2 aliphatic rings. The monoisotopic (exact) mass is 197 g/mol. The molecular weight excluding hydrogens is 178 g/mol. The minimum atomic E-state index is 0.479. The number of hydrogen-bond donors (Lipinski definition) is 1. The number of amides is 1. The number of piperazine rings is 1. The average Bonchev–Trinajstić information content (AvgIpc) is 2.71. The SMILES string of the molecule is O=CN1CCNC(CN2CCCC2)C1. The summed E-state index contributed by atoms with van der Waals surface area (Å²) in [4.78, 5) is 15.0. The van der Waals surface area contributed by atoms with Crippen molar-refractivity contribution in [3.05, 3.63) is 0 Å². The van der Waals surface area contributed by atoms with Crippen LogP contribution in [0, 0.1) is 0 Å². The number of nitrogens with one attached hydrogen (secondary N) is 1. The molecule has 0 aromatic heterocycles. The van der Waals surface area contributed by atoms with E-state index in [1.54, 1.807) is 0 Å². The standard InChI is InChI=1S/C10H19N3O/c14-9-13-6-3-11-10(8-13)7-12-4-1-2-5-12/h9-11H,1-8H2. The second kappa shape index (κ2) is 4.75. The first-order chi connectivity index (χ1) is 6.88. The highest BCUT2D eigenvalue weighted by atomic mass is 16.1. The molecule has 1 N–H and O–H groups in total. The van der Waals surface area contributed by atoms with Gasteiger partial charge in [0.15, 0.2) is 0 Å². The Bertz CT molecular complexity index is 192. The molecule has 1 amide bonds. The average molecular weight is 197 g/mol. The third kappa shape index (κ3) is 2.45. The molecule has 0 aromatic carbocycles. The third-order valence-electron chi connectivity index (χ3n) is 3.11. The summed E-state index contributed by atoms with van der Waals surface area (Å²) in [6, 6.07) is 0.479. The maximum Gasteiger partial charge on any atom is 0.209 e. The van der Waals surface area contributed by atoms with Crippen LogP contribution < -0.4 is 5.32 Å². The van der Waals surface area contributed by atoms with Gasteiger partial charge in [0.1, 0.15) is 0 Å². The Morgan fingerprint density at radius 1 is 1.29 bits per heavy atom. The largest absolute Gasteiger partial charge is 0.342 e. The minimum absolute atomic E-state index is 0.479. The van der Waals surface area contributed by atoms with Gasteiger partial charge in [0, 0.05) is 32.2 Å². The Kier molecular flexibility index (Phi) is 3.37. The summed E-state index contributed by atoms with van der Waals surface area (Å²) in [7, 11) is 0. The van der Waals surface area contributed by atoms with Crippen molar-refractivity contribution in [3.8, 4) is 0 Å². The van der Waals surface area contributed by atoms with E-state index >= 15 is 0 Å². The number of carbonyl (C=O) groups excluding carboxylic acids is 1. The molecule has 80 valence electrons. The van der Waals surface area contributed by atoms with Crippen molar-refractivity contribution in [1.29, 1.82) is 0 Å². The lowest BCUT2D eigenvalue weighted by molar-refractivity contribution is -0.119. The van der Waals surface area contributed by atoms with Gasteiger partial charge >= 0.3 is 0 Å². The predicted octanol–water partition coefficient (Wildman–Crippen LogP) is -0.488. The van der Waals surface area contributed by atoms with Gasteiger partial charge in [-0.05, 0) is 25.9 Å². The Labute approximate surface area is 85.2 Å². The number of nitrogens with zero attached hydrogens (tertiary/aromatic N) is 2. The fourth-order valence-electron chi connectivity index (χ4n) is 2.35. The highest BCUT2D eigenvalue weighted by Gasteiger charge is 2.21. The molecule has 0 radical (unpaired) electrons. The molecule has 14 heavy (non-hydrogen) atoms. The van der Waals surface area contributed by atoms with Crippen LogP contribution in [-0.4, -0.2) is 61.5 Å². The zero-order valence-electron chi connectivity index (χ0n) is 8.61. The van der Waals surface area contributed by atoms with Crippen LogP contribution in [-0.2, 0) is 4.79 Å². The second-order valence-electron chi connectivity index (χ2n) is 4.26. The van der Waals surface area contributed by atoms with Gasteiger partial charge in [-0.25, -0.2) is 0 Å². The predicted molar refractivity (Wildman–Crippen MR) is 55.1 cm³/mol. The van der Waals surface area contributed by atoms with E-state index in [2.05, 4.69) is 10.2 Å². The van der Waals surface area contributed by atoms with E-state index in [4.69, 9.17) is 0 Å². The number of likely N-dealkylation sites (tertiary alicyclic amines) is 1. The molecule has 0 saturated carbocycles. The molecule has 2 fully saturated rings. The summed E-state index contributed by atoms with van der Waals surface area (Å²) in [5.41, 5.74) is 0. The van der Waals surface area contributed by atoms with Gasteiger partial charge in [0.25, 0.3) is 0 Å². The Morgan fingerprint density at radius 2 is 2.07 bits per heavy atom. The van der Waals surface area contributed by atoms with E-state index in [0.717, 1.165) is 32.6 Å². The number of carbonyl (C=O) groups is 1. The lowest BCUT2D eigenvalue weighted by Crippen LogP contribution is -2.54. The molecule has 0 bridgehead atoms. The van der Waals surface area contributed by atoms with Crippen LogP contribution in [0.15, 0.2) is 0 Å². The maximum atomic E-state index is 10.6. The fourth-order valence-corrected chi connectivity index (χ4v) is 2.35. The van der Waals surface area contributed by atoms with Crippen LogP contribution in [0.2, 0.25) is 0 Å². The van der Waals surface area contributed by atoms with Crippen molar-refractivity contribution < 1.29 is 4.79 Å². The topological polar surface area (TPSA) is 35.6 Å². The van der Waals surface area contributed by atoms with E-state index in [1.165, 1.54) is 25.9 Å². The molecule has 2 aliphatic heterocycles. The molecule has 0 aromatic rings. The van der Waals surface area contributed by atoms with Gasteiger partial charge in [-0.15, -0.1) is 0 Å². The summed E-state index contributed by atoms with van der Waals surface area (Å²) in [6.45, 7) is 6.25. The van der Waals surface area contributed by atoms with Crippen LogP contribution in [0.4, 0.5) is 0 Å². The van der Waals surface area contributed by atoms with Gasteiger partial charge in [-0.1, -0.05) is 0 Å². The summed E-state index contributed by atoms with van der Waals surface area (Å²) in [6.07, 6.45) is 3.64. The first-order valence-electron chi connectivity index (χ1n) is 5.53. The summed E-state index contributed by atoms with van der Waals surface area (Å²) < 4.78 is 0. The van der Waals surface area contributed by atoms with Crippen LogP contribution in [0.5, 0.6) is 0 Å². The van der Waals surface area contributed by atoms with Crippen molar-refractivity contribution in [2.45, 2.75) is 18.9 Å². The Balaban J connectivity index is 1.76. The van der Waals surface area contributed by atoms with Crippen molar-refractivity contribution in [1.82, 2.24) is 15.1 Å². The minimum Gasteiger partial charge on any atom is -0.342 e. The van der Waals surface area contributed by atoms with Crippen molar-refractivity contribution in [3.63, 3.8) is 0 Å². The molecule has 1 unspecified atom stereocenters. The van der Waals surface area contributed by atoms with Crippen LogP contribution in [0.25, 0.3) is 0 Å². The van der Waals surface area contributed by atoms with Crippen LogP contribution >= 0.6 is 0 Å². The first-order valence-corrected chi connectivity index (χ1v) is 5.53. The molecule has 4 nitrogen and oxygen atoms in total. The van der Waals surface area contributed by atoms with E-state index in [1.807, 2.05) is 4.90 Å². The summed E-state index contributed by atoms with van der Waals surface area (Å²) >= 11 is 0. The van der Waals surface area contributed by atoms with Gasteiger partial charge in [0.2, 0.25) is 6.41 Å². The van der Waals surface area contributed by atoms with Gasteiger partial charge < -0.3 is 15.1 Å². The summed E-state index contributed by atoms with van der Waals surface area (Å²) in [5, 5.41) is 3.47. The molecule has 2 saturated heterocycles. The maximum absolute atomic E-state index is 10.6. The van der Waals surface area contributed by atoms with E-state index < -0.39 is 0 Å².